The Bertz CT molecular complexity index is 998. The molecule has 0 atom stereocenters. The van der Waals surface area contributed by atoms with Crippen LogP contribution < -0.4 is 4.72 Å². The Morgan fingerprint density at radius 3 is 2.52 bits per heavy atom. The zero-order chi connectivity index (χ0) is 18.0. The molecule has 0 amide bonds. The normalized spacial score (nSPS) is 11.5. The molecule has 5 nitrogen and oxygen atoms in total. The van der Waals surface area contributed by atoms with Gasteiger partial charge in [0, 0.05) is 6.20 Å². The zero-order valence-corrected chi connectivity index (χ0v) is 14.7. The summed E-state index contributed by atoms with van der Waals surface area (Å²) >= 11 is 0. The molecule has 0 bridgehead atoms. The Hall–Kier alpha value is -2.67. The molecular formula is C18H18FN3O2S. The quantitative estimate of drug-likeness (QED) is 0.758. The van der Waals surface area contributed by atoms with Gasteiger partial charge in [0.2, 0.25) is 0 Å². The molecule has 3 rings (SSSR count). The van der Waals surface area contributed by atoms with Crippen LogP contribution in [0, 0.1) is 19.7 Å². The van der Waals surface area contributed by atoms with E-state index in [9.17, 15) is 12.8 Å². The number of nitrogens with one attached hydrogen (secondary N) is 1. The van der Waals surface area contributed by atoms with Gasteiger partial charge in [0.15, 0.2) is 0 Å². The number of hydrogen-bond acceptors (Lipinski definition) is 3. The Morgan fingerprint density at radius 2 is 1.84 bits per heavy atom. The van der Waals surface area contributed by atoms with Crippen molar-refractivity contribution in [1.29, 1.82) is 0 Å². The van der Waals surface area contributed by atoms with Crippen molar-refractivity contribution in [3.63, 3.8) is 0 Å². The van der Waals surface area contributed by atoms with Crippen molar-refractivity contribution in [3.8, 4) is 0 Å². The molecule has 0 fully saturated rings. The van der Waals surface area contributed by atoms with Crippen molar-refractivity contribution in [2.45, 2.75) is 25.3 Å². The van der Waals surface area contributed by atoms with E-state index in [4.69, 9.17) is 0 Å². The summed E-state index contributed by atoms with van der Waals surface area (Å²) in [4.78, 5) is 0.0735. The number of rotatable bonds is 5. The van der Waals surface area contributed by atoms with Gasteiger partial charge < -0.3 is 0 Å². The lowest BCUT2D eigenvalue weighted by molar-refractivity contribution is 0.600. The third-order valence-corrected chi connectivity index (χ3v) is 5.29. The first-order valence-corrected chi connectivity index (χ1v) is 9.20. The van der Waals surface area contributed by atoms with Crippen molar-refractivity contribution in [3.05, 3.63) is 77.4 Å². The second kappa shape index (κ2) is 6.68. The molecular weight excluding hydrogens is 341 g/mol. The predicted molar refractivity (Wildman–Crippen MR) is 94.5 cm³/mol. The lowest BCUT2D eigenvalue weighted by atomic mass is 10.2. The van der Waals surface area contributed by atoms with Gasteiger partial charge in [0.1, 0.15) is 10.7 Å². The molecule has 0 spiro atoms. The van der Waals surface area contributed by atoms with Crippen molar-refractivity contribution in [2.24, 2.45) is 0 Å². The molecule has 1 heterocycles. The summed E-state index contributed by atoms with van der Waals surface area (Å²) in [6, 6.07) is 13.8. The lowest BCUT2D eigenvalue weighted by Crippen LogP contribution is -2.13. The monoisotopic (exact) mass is 359 g/mol. The van der Waals surface area contributed by atoms with E-state index in [-0.39, 0.29) is 10.6 Å². The highest BCUT2D eigenvalue weighted by atomic mass is 32.2. The molecule has 25 heavy (non-hydrogen) atoms. The second-order valence-corrected chi connectivity index (χ2v) is 7.48. The Kier molecular flexibility index (Phi) is 4.59. The topological polar surface area (TPSA) is 64.0 Å². The molecule has 0 aliphatic carbocycles. The largest absolute Gasteiger partial charge is 0.279 e. The van der Waals surface area contributed by atoms with E-state index in [1.807, 2.05) is 30.3 Å². The highest BCUT2D eigenvalue weighted by Gasteiger charge is 2.21. The minimum atomic E-state index is -3.85. The number of aryl methyl sites for hydroxylation is 2. The van der Waals surface area contributed by atoms with Gasteiger partial charge in [-0.25, -0.2) is 12.8 Å². The molecule has 1 N–H and O–H groups in total. The number of anilines is 1. The Labute approximate surface area is 146 Å². The molecule has 0 saturated heterocycles. The summed E-state index contributed by atoms with van der Waals surface area (Å²) < 4.78 is 42.8. The average Bonchev–Trinajstić information content (AvgIpc) is 2.93. The van der Waals surface area contributed by atoms with E-state index in [1.165, 1.54) is 18.3 Å². The van der Waals surface area contributed by atoms with Crippen LogP contribution in [-0.2, 0) is 16.6 Å². The fourth-order valence-corrected chi connectivity index (χ4v) is 3.72. The molecule has 0 aliphatic rings. The van der Waals surface area contributed by atoms with Crippen LogP contribution >= 0.6 is 0 Å². The van der Waals surface area contributed by atoms with Crippen molar-refractivity contribution < 1.29 is 12.8 Å². The highest BCUT2D eigenvalue weighted by Crippen LogP contribution is 2.20. The van der Waals surface area contributed by atoms with Crippen molar-refractivity contribution in [2.75, 3.05) is 4.72 Å². The molecule has 0 saturated carbocycles. The first kappa shape index (κ1) is 17.2. The van der Waals surface area contributed by atoms with Gasteiger partial charge in [-0.2, -0.15) is 5.10 Å². The number of sulfonamides is 1. The van der Waals surface area contributed by atoms with E-state index >= 15 is 0 Å². The number of benzene rings is 2. The van der Waals surface area contributed by atoms with E-state index in [0.29, 0.717) is 17.8 Å². The Morgan fingerprint density at radius 1 is 1.12 bits per heavy atom. The predicted octanol–water partition coefficient (Wildman–Crippen LogP) is 3.49. The number of aromatic nitrogens is 2. The maximum Gasteiger partial charge on any atom is 0.265 e. The molecule has 7 heteroatoms. The number of halogens is 1. The molecule has 1 aromatic heterocycles. The lowest BCUT2D eigenvalue weighted by Gasteiger charge is -2.08. The van der Waals surface area contributed by atoms with Crippen LogP contribution in [0.1, 0.15) is 16.8 Å². The standard InChI is InChI=1S/C18H18FN3O2S/c1-13-8-9-16(10-17(13)19)21-25(23,24)18-12-22(20-14(18)2)11-15-6-4-3-5-7-15/h3-10,12,21H,11H2,1-2H3. The third-order valence-electron chi connectivity index (χ3n) is 3.80. The Balaban J connectivity index is 1.86. The molecule has 2 aromatic carbocycles. The van der Waals surface area contributed by atoms with E-state index in [2.05, 4.69) is 9.82 Å². The fraction of sp³-hybridized carbons (Fsp3) is 0.167. The van der Waals surface area contributed by atoms with Crippen LogP contribution in [0.2, 0.25) is 0 Å². The number of hydrogen-bond donors (Lipinski definition) is 1. The minimum absolute atomic E-state index is 0.0735. The summed E-state index contributed by atoms with van der Waals surface area (Å²) in [5.41, 5.74) is 2.03. The van der Waals surface area contributed by atoms with Crippen LogP contribution in [-0.4, -0.2) is 18.2 Å². The zero-order valence-electron chi connectivity index (χ0n) is 13.9. The molecule has 0 radical (unpaired) electrons. The highest BCUT2D eigenvalue weighted by molar-refractivity contribution is 7.92. The van der Waals surface area contributed by atoms with Crippen LogP contribution in [0.3, 0.4) is 0 Å². The van der Waals surface area contributed by atoms with E-state index in [0.717, 1.165) is 11.6 Å². The van der Waals surface area contributed by atoms with Crippen LogP contribution in [0.4, 0.5) is 10.1 Å². The van der Waals surface area contributed by atoms with Gasteiger partial charge in [-0.3, -0.25) is 9.40 Å². The van der Waals surface area contributed by atoms with Gasteiger partial charge in [-0.15, -0.1) is 0 Å². The first-order chi connectivity index (χ1) is 11.8. The average molecular weight is 359 g/mol. The van der Waals surface area contributed by atoms with Gasteiger partial charge in [-0.1, -0.05) is 36.4 Å². The third kappa shape index (κ3) is 3.88. The summed E-state index contributed by atoms with van der Waals surface area (Å²) in [5, 5.41) is 4.27. The minimum Gasteiger partial charge on any atom is -0.279 e. The van der Waals surface area contributed by atoms with Crippen molar-refractivity contribution in [1.82, 2.24) is 9.78 Å². The first-order valence-electron chi connectivity index (χ1n) is 7.72. The summed E-state index contributed by atoms with van der Waals surface area (Å²) in [6.07, 6.45) is 1.48. The molecule has 3 aromatic rings. The fourth-order valence-electron chi connectivity index (χ4n) is 2.48. The van der Waals surface area contributed by atoms with Crippen molar-refractivity contribution >= 4 is 15.7 Å². The van der Waals surface area contributed by atoms with Gasteiger partial charge >= 0.3 is 0 Å². The number of nitrogens with zero attached hydrogens (tertiary/aromatic N) is 2. The van der Waals surface area contributed by atoms with Gasteiger partial charge in [0.05, 0.1) is 17.9 Å². The maximum absolute atomic E-state index is 13.6. The second-order valence-electron chi connectivity index (χ2n) is 5.83. The summed E-state index contributed by atoms with van der Waals surface area (Å²) in [6.45, 7) is 3.72. The van der Waals surface area contributed by atoms with Crippen LogP contribution in [0.15, 0.2) is 59.6 Å². The van der Waals surface area contributed by atoms with Gasteiger partial charge in [0.25, 0.3) is 10.0 Å². The van der Waals surface area contributed by atoms with Gasteiger partial charge in [-0.05, 0) is 37.1 Å². The van der Waals surface area contributed by atoms with E-state index in [1.54, 1.807) is 18.5 Å². The molecule has 0 unspecified atom stereocenters. The maximum atomic E-state index is 13.6. The summed E-state index contributed by atoms with van der Waals surface area (Å²) in [5.74, 6) is -0.461. The molecule has 130 valence electrons. The molecule has 0 aliphatic heterocycles. The van der Waals surface area contributed by atoms with Crippen LogP contribution in [0.25, 0.3) is 0 Å². The van der Waals surface area contributed by atoms with Crippen LogP contribution in [0.5, 0.6) is 0 Å². The van der Waals surface area contributed by atoms with E-state index < -0.39 is 15.8 Å². The SMILES string of the molecule is Cc1ccc(NS(=O)(=O)c2cn(Cc3ccccc3)nc2C)cc1F. The summed E-state index contributed by atoms with van der Waals surface area (Å²) in [7, 11) is -3.85. The smallest absolute Gasteiger partial charge is 0.265 e.